The van der Waals surface area contributed by atoms with Crippen LogP contribution in [0, 0.1) is 0 Å². The molecular formula is C22H19BN2. The Morgan fingerprint density at radius 2 is 1.16 bits per heavy atom. The fourth-order valence-electron chi connectivity index (χ4n) is 2.54. The van der Waals surface area contributed by atoms with E-state index in [1.54, 1.807) is 6.33 Å². The van der Waals surface area contributed by atoms with Crippen molar-refractivity contribution < 1.29 is 0 Å². The summed E-state index contributed by atoms with van der Waals surface area (Å²) in [6, 6.07) is 30.4. The third-order valence-corrected chi connectivity index (χ3v) is 3.90. The number of hydrogen-bond donors (Lipinski definition) is 1. The van der Waals surface area contributed by atoms with Crippen LogP contribution in [0.15, 0.2) is 104 Å². The minimum atomic E-state index is -0.0163. The van der Waals surface area contributed by atoms with Crippen molar-refractivity contribution in [3.8, 4) is 11.3 Å². The molecule has 0 spiro atoms. The minimum Gasteiger partial charge on any atom is -0.345 e. The van der Waals surface area contributed by atoms with Crippen LogP contribution in [0.3, 0.4) is 0 Å². The first-order valence-electron chi connectivity index (χ1n) is 8.24. The Hall–Kier alpha value is -3.07. The molecule has 3 heteroatoms. The normalized spacial score (nSPS) is 10.1. The number of aromatic amines is 1. The molecule has 0 aliphatic carbocycles. The molecule has 1 aromatic heterocycles. The van der Waals surface area contributed by atoms with Crippen LogP contribution in [0.4, 0.5) is 0 Å². The lowest BCUT2D eigenvalue weighted by molar-refractivity contribution is 1.14. The zero-order valence-corrected chi connectivity index (χ0v) is 13.9. The average Bonchev–Trinajstić information content (AvgIpc) is 3.25. The molecule has 0 fully saturated rings. The van der Waals surface area contributed by atoms with Crippen LogP contribution < -0.4 is 0 Å². The lowest BCUT2D eigenvalue weighted by Crippen LogP contribution is -1.99. The van der Waals surface area contributed by atoms with Crippen molar-refractivity contribution in [3.63, 3.8) is 0 Å². The second-order valence-electron chi connectivity index (χ2n) is 5.63. The van der Waals surface area contributed by atoms with Gasteiger partial charge in [0.2, 0.25) is 0 Å². The lowest BCUT2D eigenvalue weighted by Gasteiger charge is -2.12. The van der Waals surface area contributed by atoms with Gasteiger partial charge in [0, 0.05) is 0 Å². The predicted octanol–water partition coefficient (Wildman–Crippen LogP) is 5.02. The third kappa shape index (κ3) is 4.71. The van der Waals surface area contributed by atoms with Gasteiger partial charge in [0.1, 0.15) is 0 Å². The summed E-state index contributed by atoms with van der Waals surface area (Å²) in [6.45, 7) is 0. The number of nitrogens with zero attached hydrogens (tertiary/aromatic N) is 1. The molecule has 0 saturated carbocycles. The van der Waals surface area contributed by atoms with Gasteiger partial charge in [-0.2, -0.15) is 0 Å². The SMILES string of the molecule is [B]C(c1ccccc1)c1ccccc1.c1ccc(-c2cnc[nH]2)cc1. The van der Waals surface area contributed by atoms with Crippen molar-refractivity contribution in [1.29, 1.82) is 0 Å². The molecule has 1 heterocycles. The van der Waals surface area contributed by atoms with E-state index in [1.165, 1.54) is 5.56 Å². The molecule has 120 valence electrons. The molecular weight excluding hydrogens is 303 g/mol. The molecule has 1 N–H and O–H groups in total. The first-order valence-corrected chi connectivity index (χ1v) is 8.24. The molecule has 2 nitrogen and oxygen atoms in total. The highest BCUT2D eigenvalue weighted by atomic mass is 14.9. The molecule has 0 saturated heterocycles. The molecule has 0 unspecified atom stereocenters. The van der Waals surface area contributed by atoms with Gasteiger partial charge in [-0.25, -0.2) is 4.98 Å². The molecule has 0 aliphatic heterocycles. The van der Waals surface area contributed by atoms with E-state index in [0.29, 0.717) is 0 Å². The van der Waals surface area contributed by atoms with E-state index >= 15 is 0 Å². The number of nitrogens with one attached hydrogen (secondary N) is 1. The molecule has 25 heavy (non-hydrogen) atoms. The maximum Gasteiger partial charge on any atom is 0.0924 e. The van der Waals surface area contributed by atoms with Crippen molar-refractivity contribution in [2.45, 2.75) is 5.82 Å². The fraction of sp³-hybridized carbons (Fsp3) is 0.0455. The second-order valence-corrected chi connectivity index (χ2v) is 5.63. The van der Waals surface area contributed by atoms with Gasteiger partial charge in [0.25, 0.3) is 0 Å². The first-order chi connectivity index (χ1) is 12.3. The molecule has 0 amide bonds. The van der Waals surface area contributed by atoms with Gasteiger partial charge in [-0.15, -0.1) is 0 Å². The summed E-state index contributed by atoms with van der Waals surface area (Å²) in [7, 11) is 6.12. The summed E-state index contributed by atoms with van der Waals surface area (Å²) < 4.78 is 0. The summed E-state index contributed by atoms with van der Waals surface area (Å²) in [5, 5.41) is 0. The average molecular weight is 322 g/mol. The van der Waals surface area contributed by atoms with Crippen molar-refractivity contribution in [1.82, 2.24) is 9.97 Å². The summed E-state index contributed by atoms with van der Waals surface area (Å²) in [5.74, 6) is -0.0163. The summed E-state index contributed by atoms with van der Waals surface area (Å²) in [4.78, 5) is 6.99. The van der Waals surface area contributed by atoms with E-state index in [4.69, 9.17) is 7.85 Å². The van der Waals surface area contributed by atoms with Crippen molar-refractivity contribution >= 4 is 7.85 Å². The van der Waals surface area contributed by atoms with E-state index < -0.39 is 0 Å². The fourth-order valence-corrected chi connectivity index (χ4v) is 2.54. The van der Waals surface area contributed by atoms with Gasteiger partial charge in [-0.1, -0.05) is 91.0 Å². The minimum absolute atomic E-state index is 0.0163. The smallest absolute Gasteiger partial charge is 0.0924 e. The molecule has 3 aromatic carbocycles. The number of hydrogen-bond acceptors (Lipinski definition) is 1. The van der Waals surface area contributed by atoms with Gasteiger partial charge in [-0.3, -0.25) is 0 Å². The molecule has 4 rings (SSSR count). The molecule has 0 aliphatic rings. The Morgan fingerprint density at radius 1 is 0.680 bits per heavy atom. The first kappa shape index (κ1) is 16.8. The number of H-pyrrole nitrogens is 1. The number of benzene rings is 3. The number of rotatable bonds is 3. The summed E-state index contributed by atoms with van der Waals surface area (Å²) in [6.07, 6.45) is 3.50. The molecule has 2 radical (unpaired) electrons. The van der Waals surface area contributed by atoms with Crippen LogP contribution >= 0.6 is 0 Å². The zero-order chi connectivity index (χ0) is 17.3. The van der Waals surface area contributed by atoms with Crippen LogP contribution in [0.25, 0.3) is 11.3 Å². The van der Waals surface area contributed by atoms with E-state index in [2.05, 4.69) is 34.2 Å². The van der Waals surface area contributed by atoms with Gasteiger partial charge in [0.05, 0.1) is 26.1 Å². The Labute approximate surface area is 150 Å². The van der Waals surface area contributed by atoms with Crippen LogP contribution in [-0.4, -0.2) is 17.8 Å². The highest BCUT2D eigenvalue weighted by Crippen LogP contribution is 2.20. The molecule has 0 bridgehead atoms. The maximum atomic E-state index is 6.12. The summed E-state index contributed by atoms with van der Waals surface area (Å²) >= 11 is 0. The van der Waals surface area contributed by atoms with Crippen LogP contribution in [0.1, 0.15) is 16.9 Å². The Balaban J connectivity index is 0.000000150. The van der Waals surface area contributed by atoms with E-state index in [-0.39, 0.29) is 5.82 Å². The van der Waals surface area contributed by atoms with E-state index in [0.717, 1.165) is 16.8 Å². The largest absolute Gasteiger partial charge is 0.345 e. The predicted molar refractivity (Wildman–Crippen MR) is 105 cm³/mol. The highest BCUT2D eigenvalue weighted by molar-refractivity contribution is 6.14. The Kier molecular flexibility index (Phi) is 5.84. The summed E-state index contributed by atoms with van der Waals surface area (Å²) in [5.41, 5.74) is 4.54. The van der Waals surface area contributed by atoms with Gasteiger partial charge >= 0.3 is 0 Å². The number of aromatic nitrogens is 2. The molecule has 0 atom stereocenters. The van der Waals surface area contributed by atoms with Gasteiger partial charge in [0.15, 0.2) is 0 Å². The second kappa shape index (κ2) is 8.69. The third-order valence-electron chi connectivity index (χ3n) is 3.90. The van der Waals surface area contributed by atoms with E-state index in [1.807, 2.05) is 72.9 Å². The zero-order valence-electron chi connectivity index (χ0n) is 13.9. The topological polar surface area (TPSA) is 28.7 Å². The van der Waals surface area contributed by atoms with Gasteiger partial charge < -0.3 is 4.98 Å². The number of imidazole rings is 1. The van der Waals surface area contributed by atoms with Crippen molar-refractivity contribution in [3.05, 3.63) is 115 Å². The van der Waals surface area contributed by atoms with Crippen molar-refractivity contribution in [2.24, 2.45) is 0 Å². The maximum absolute atomic E-state index is 6.12. The van der Waals surface area contributed by atoms with Gasteiger partial charge in [-0.05, 0) is 22.5 Å². The van der Waals surface area contributed by atoms with E-state index in [9.17, 15) is 0 Å². The highest BCUT2D eigenvalue weighted by Gasteiger charge is 2.05. The lowest BCUT2D eigenvalue weighted by atomic mass is 9.76. The van der Waals surface area contributed by atoms with Crippen LogP contribution in [0.5, 0.6) is 0 Å². The molecule has 4 aromatic rings. The van der Waals surface area contributed by atoms with Crippen molar-refractivity contribution in [2.75, 3.05) is 0 Å². The van der Waals surface area contributed by atoms with Crippen LogP contribution in [0.2, 0.25) is 0 Å². The Bertz CT molecular complexity index is 805. The standard InChI is InChI=1S/C13H11B.C9H8N2/c14-13(11-7-3-1-4-8-11)12-9-5-2-6-10-12;1-2-4-8(5-3-1)9-6-10-7-11-9/h1-10,13H;1-7H,(H,10,11). The van der Waals surface area contributed by atoms with Crippen LogP contribution in [-0.2, 0) is 0 Å². The quantitative estimate of drug-likeness (QED) is 0.527. The monoisotopic (exact) mass is 322 g/mol. The Morgan fingerprint density at radius 3 is 1.60 bits per heavy atom.